The summed E-state index contributed by atoms with van der Waals surface area (Å²) in [4.78, 5) is 28.5. The van der Waals surface area contributed by atoms with Crippen molar-refractivity contribution >= 4 is 11.8 Å². The first-order valence-corrected chi connectivity index (χ1v) is 9.09. The van der Waals surface area contributed by atoms with E-state index in [2.05, 4.69) is 13.8 Å². The molecule has 1 atom stereocenters. The van der Waals surface area contributed by atoms with Crippen LogP contribution < -0.4 is 0 Å². The highest BCUT2D eigenvalue weighted by molar-refractivity contribution is 5.78. The smallest absolute Gasteiger partial charge is 0.248 e. The number of hydrogen-bond acceptors (Lipinski definition) is 3. The van der Waals surface area contributed by atoms with Crippen LogP contribution in [0.4, 0.5) is 0 Å². The molecule has 0 N–H and O–H groups in total. The van der Waals surface area contributed by atoms with Gasteiger partial charge in [-0.25, -0.2) is 0 Å². The van der Waals surface area contributed by atoms with E-state index in [0.717, 1.165) is 51.9 Å². The van der Waals surface area contributed by atoms with Crippen molar-refractivity contribution in [2.24, 2.45) is 11.3 Å². The van der Waals surface area contributed by atoms with Gasteiger partial charge in [0.1, 0.15) is 6.61 Å². The lowest BCUT2D eigenvalue weighted by atomic mass is 9.73. The number of piperidine rings is 2. The molecule has 0 bridgehead atoms. The maximum absolute atomic E-state index is 12.3. The molecule has 2 aliphatic heterocycles. The third-order valence-corrected chi connectivity index (χ3v) is 5.17. The predicted molar refractivity (Wildman–Crippen MR) is 90.0 cm³/mol. The van der Waals surface area contributed by atoms with Crippen molar-refractivity contribution in [3.8, 4) is 0 Å². The minimum absolute atomic E-state index is 0.0940. The van der Waals surface area contributed by atoms with E-state index in [1.165, 1.54) is 0 Å². The molecule has 23 heavy (non-hydrogen) atoms. The normalized spacial score (nSPS) is 25.5. The topological polar surface area (TPSA) is 49.9 Å². The number of carbonyl (C=O) groups is 2. The molecular weight excluding hydrogens is 292 g/mol. The molecule has 2 heterocycles. The van der Waals surface area contributed by atoms with Crippen LogP contribution in [0.5, 0.6) is 0 Å². The quantitative estimate of drug-likeness (QED) is 0.753. The van der Waals surface area contributed by atoms with Crippen LogP contribution in [-0.4, -0.2) is 61.0 Å². The van der Waals surface area contributed by atoms with E-state index in [9.17, 15) is 9.59 Å². The highest BCUT2D eigenvalue weighted by atomic mass is 16.5. The van der Waals surface area contributed by atoms with Gasteiger partial charge in [0, 0.05) is 44.6 Å². The molecule has 5 nitrogen and oxygen atoms in total. The molecule has 2 aliphatic rings. The zero-order chi connectivity index (χ0) is 16.9. The molecule has 0 saturated carbocycles. The van der Waals surface area contributed by atoms with Gasteiger partial charge in [-0.15, -0.1) is 0 Å². The fourth-order valence-electron chi connectivity index (χ4n) is 3.75. The summed E-state index contributed by atoms with van der Waals surface area (Å²) in [5.41, 5.74) is 0.102. The molecule has 132 valence electrons. The van der Waals surface area contributed by atoms with Crippen molar-refractivity contribution in [1.82, 2.24) is 9.80 Å². The number of hydrogen-bond donors (Lipinski definition) is 0. The van der Waals surface area contributed by atoms with E-state index in [1.807, 2.05) is 16.7 Å². The lowest BCUT2D eigenvalue weighted by Gasteiger charge is -2.48. The average molecular weight is 324 g/mol. The van der Waals surface area contributed by atoms with Gasteiger partial charge in [0.15, 0.2) is 0 Å². The van der Waals surface area contributed by atoms with Gasteiger partial charge in [-0.1, -0.05) is 13.8 Å². The summed E-state index contributed by atoms with van der Waals surface area (Å²) in [5.74, 6) is 0.988. The van der Waals surface area contributed by atoms with Gasteiger partial charge >= 0.3 is 0 Å². The molecule has 2 saturated heterocycles. The van der Waals surface area contributed by atoms with Crippen LogP contribution in [0.25, 0.3) is 0 Å². The number of ether oxygens (including phenoxy) is 1. The first kappa shape index (κ1) is 18.2. The van der Waals surface area contributed by atoms with Gasteiger partial charge in [0.2, 0.25) is 11.8 Å². The summed E-state index contributed by atoms with van der Waals surface area (Å²) in [5, 5.41) is 0. The molecule has 2 rings (SSSR count). The van der Waals surface area contributed by atoms with Gasteiger partial charge in [0.05, 0.1) is 0 Å². The fraction of sp³-hybridized carbons (Fsp3) is 0.889. The largest absolute Gasteiger partial charge is 0.372 e. The number of likely N-dealkylation sites (tertiary alicyclic amines) is 2. The minimum atomic E-state index is 0.0940. The second-order valence-electron chi connectivity index (χ2n) is 7.55. The van der Waals surface area contributed by atoms with Crippen LogP contribution in [0, 0.1) is 11.3 Å². The predicted octanol–water partition coefficient (Wildman–Crippen LogP) is 2.30. The van der Waals surface area contributed by atoms with E-state index >= 15 is 0 Å². The van der Waals surface area contributed by atoms with E-state index in [4.69, 9.17) is 4.74 Å². The van der Waals surface area contributed by atoms with Crippen molar-refractivity contribution in [2.45, 2.75) is 52.9 Å². The van der Waals surface area contributed by atoms with Crippen LogP contribution >= 0.6 is 0 Å². The maximum atomic E-state index is 12.3. The summed E-state index contributed by atoms with van der Waals surface area (Å²) in [6.45, 7) is 10.3. The molecule has 0 aromatic rings. The summed E-state index contributed by atoms with van der Waals surface area (Å²) >= 11 is 0. The minimum Gasteiger partial charge on any atom is -0.372 e. The number of rotatable bonds is 6. The van der Waals surface area contributed by atoms with E-state index in [1.54, 1.807) is 0 Å². The molecule has 0 radical (unpaired) electrons. The van der Waals surface area contributed by atoms with Gasteiger partial charge in [-0.3, -0.25) is 9.59 Å². The van der Waals surface area contributed by atoms with Crippen molar-refractivity contribution < 1.29 is 14.3 Å². The van der Waals surface area contributed by atoms with E-state index < -0.39 is 0 Å². The molecule has 0 aliphatic carbocycles. The average Bonchev–Trinajstić information content (AvgIpc) is 2.54. The zero-order valence-corrected chi connectivity index (χ0v) is 15.0. The number of nitrogens with zero attached hydrogens (tertiary/aromatic N) is 2. The third-order valence-electron chi connectivity index (χ3n) is 5.17. The standard InChI is InChI=1S/C18H32N2O3/c1-4-23-12-17(22)19-10-5-8-18(13-19)9-6-16(21)20(14-18)11-7-15(2)3/h15H,4-14H2,1-3H3/t18-/m0/s1. The number of amides is 2. The Morgan fingerprint density at radius 2 is 2.09 bits per heavy atom. The molecule has 0 unspecified atom stereocenters. The van der Waals surface area contributed by atoms with Gasteiger partial charge in [-0.05, 0) is 38.5 Å². The first-order chi connectivity index (χ1) is 11.0. The molecule has 1 spiro atoms. The van der Waals surface area contributed by atoms with Crippen molar-refractivity contribution in [2.75, 3.05) is 39.4 Å². The Kier molecular flexibility index (Phi) is 6.45. The molecule has 5 heteroatoms. The Morgan fingerprint density at radius 3 is 2.78 bits per heavy atom. The Morgan fingerprint density at radius 1 is 1.30 bits per heavy atom. The van der Waals surface area contributed by atoms with Crippen LogP contribution in [0.1, 0.15) is 52.9 Å². The highest BCUT2D eigenvalue weighted by Crippen LogP contribution is 2.39. The number of carbonyl (C=O) groups excluding carboxylic acids is 2. The lowest BCUT2D eigenvalue weighted by molar-refractivity contribution is -0.145. The fourth-order valence-corrected chi connectivity index (χ4v) is 3.75. The zero-order valence-electron chi connectivity index (χ0n) is 15.0. The maximum Gasteiger partial charge on any atom is 0.248 e. The van der Waals surface area contributed by atoms with Crippen LogP contribution in [-0.2, 0) is 14.3 Å². The highest BCUT2D eigenvalue weighted by Gasteiger charge is 2.42. The molecule has 0 aromatic carbocycles. The summed E-state index contributed by atoms with van der Waals surface area (Å²) in [6.07, 6.45) is 4.75. The Bertz CT molecular complexity index is 424. The lowest BCUT2D eigenvalue weighted by Crippen LogP contribution is -2.55. The van der Waals surface area contributed by atoms with E-state index in [0.29, 0.717) is 18.9 Å². The second-order valence-corrected chi connectivity index (χ2v) is 7.55. The monoisotopic (exact) mass is 324 g/mol. The summed E-state index contributed by atoms with van der Waals surface area (Å²) < 4.78 is 5.27. The Labute approximate surface area is 140 Å². The van der Waals surface area contributed by atoms with Crippen LogP contribution in [0.3, 0.4) is 0 Å². The molecule has 2 amide bonds. The van der Waals surface area contributed by atoms with Gasteiger partial charge in [0.25, 0.3) is 0 Å². The molecule has 2 fully saturated rings. The first-order valence-electron chi connectivity index (χ1n) is 9.09. The Balaban J connectivity index is 1.96. The third kappa shape index (κ3) is 4.93. The molecule has 0 aromatic heterocycles. The SMILES string of the molecule is CCOCC(=O)N1CCC[C@]2(CCC(=O)N(CCC(C)C)C2)C1. The van der Waals surface area contributed by atoms with E-state index in [-0.39, 0.29) is 23.8 Å². The van der Waals surface area contributed by atoms with Crippen molar-refractivity contribution in [1.29, 1.82) is 0 Å². The van der Waals surface area contributed by atoms with Crippen molar-refractivity contribution in [3.05, 3.63) is 0 Å². The molecular formula is C18H32N2O3. The Hall–Kier alpha value is -1.10. The van der Waals surface area contributed by atoms with Gasteiger partial charge < -0.3 is 14.5 Å². The van der Waals surface area contributed by atoms with Crippen LogP contribution in [0.2, 0.25) is 0 Å². The van der Waals surface area contributed by atoms with Crippen molar-refractivity contribution in [3.63, 3.8) is 0 Å². The van der Waals surface area contributed by atoms with Crippen LogP contribution in [0.15, 0.2) is 0 Å². The summed E-state index contributed by atoms with van der Waals surface area (Å²) in [6, 6.07) is 0. The summed E-state index contributed by atoms with van der Waals surface area (Å²) in [7, 11) is 0. The van der Waals surface area contributed by atoms with Gasteiger partial charge in [-0.2, -0.15) is 0 Å². The second kappa shape index (κ2) is 8.13.